The minimum absolute atomic E-state index is 0.0388. The van der Waals surface area contributed by atoms with Gasteiger partial charge in [-0.2, -0.15) is 0 Å². The molecule has 1 aliphatic carbocycles. The van der Waals surface area contributed by atoms with Gasteiger partial charge in [0.1, 0.15) is 0 Å². The Bertz CT molecular complexity index is 263. The number of unbranched alkanes of at least 4 members (excludes halogenated alkanes) is 3. The zero-order valence-corrected chi connectivity index (χ0v) is 12.4. The van der Waals surface area contributed by atoms with Gasteiger partial charge in [-0.15, -0.1) is 0 Å². The van der Waals surface area contributed by atoms with Gasteiger partial charge in [0.05, 0.1) is 6.61 Å². The standard InChI is InChI=1S/C15H30N2O2/c1-2-3-4-7-10-17(11-12-18)14(19)13-15(16)8-5-6-9-15/h18H,2-13,16H2,1H3. The summed E-state index contributed by atoms with van der Waals surface area (Å²) in [5, 5.41) is 9.09. The molecule has 1 fully saturated rings. The molecule has 19 heavy (non-hydrogen) atoms. The fourth-order valence-electron chi connectivity index (χ4n) is 2.88. The van der Waals surface area contributed by atoms with Crippen LogP contribution in [0.15, 0.2) is 0 Å². The van der Waals surface area contributed by atoms with E-state index < -0.39 is 0 Å². The summed E-state index contributed by atoms with van der Waals surface area (Å²) in [6.07, 6.45) is 9.23. The molecule has 0 radical (unpaired) electrons. The molecule has 1 aliphatic rings. The predicted octanol–water partition coefficient (Wildman–Crippen LogP) is 2.05. The van der Waals surface area contributed by atoms with Crippen molar-refractivity contribution in [1.29, 1.82) is 0 Å². The highest BCUT2D eigenvalue weighted by molar-refractivity contribution is 5.77. The maximum absolute atomic E-state index is 12.3. The second kappa shape index (κ2) is 8.54. The molecule has 0 saturated heterocycles. The third-order valence-corrected chi connectivity index (χ3v) is 4.11. The number of nitrogens with zero attached hydrogens (tertiary/aromatic N) is 1. The molecule has 0 aliphatic heterocycles. The van der Waals surface area contributed by atoms with Crippen LogP contribution in [0, 0.1) is 0 Å². The van der Waals surface area contributed by atoms with Crippen LogP contribution in [-0.4, -0.2) is 41.1 Å². The Morgan fingerprint density at radius 2 is 1.89 bits per heavy atom. The van der Waals surface area contributed by atoms with Crippen LogP contribution in [0.5, 0.6) is 0 Å². The van der Waals surface area contributed by atoms with Crippen LogP contribution in [0.3, 0.4) is 0 Å². The van der Waals surface area contributed by atoms with Crippen LogP contribution in [0.1, 0.15) is 64.7 Å². The summed E-state index contributed by atoms with van der Waals surface area (Å²) in [6.45, 7) is 3.42. The quantitative estimate of drug-likeness (QED) is 0.630. The second-order valence-electron chi connectivity index (χ2n) is 5.91. The van der Waals surface area contributed by atoms with E-state index in [1.165, 1.54) is 12.8 Å². The SMILES string of the molecule is CCCCCCN(CCO)C(=O)CC1(N)CCCC1. The summed E-state index contributed by atoms with van der Waals surface area (Å²) < 4.78 is 0. The Morgan fingerprint density at radius 1 is 1.21 bits per heavy atom. The van der Waals surface area contributed by atoms with Gasteiger partial charge in [-0.25, -0.2) is 0 Å². The summed E-state index contributed by atoms with van der Waals surface area (Å²) in [5.41, 5.74) is 5.98. The van der Waals surface area contributed by atoms with E-state index in [0.717, 1.165) is 45.1 Å². The summed E-state index contributed by atoms with van der Waals surface area (Å²) in [7, 11) is 0. The minimum atomic E-state index is -0.284. The van der Waals surface area contributed by atoms with E-state index in [0.29, 0.717) is 13.0 Å². The van der Waals surface area contributed by atoms with Crippen molar-refractivity contribution in [2.45, 2.75) is 70.3 Å². The molecule has 1 saturated carbocycles. The third-order valence-electron chi connectivity index (χ3n) is 4.11. The predicted molar refractivity (Wildman–Crippen MR) is 77.8 cm³/mol. The number of nitrogens with two attached hydrogens (primary N) is 1. The van der Waals surface area contributed by atoms with Crippen LogP contribution in [-0.2, 0) is 4.79 Å². The molecule has 112 valence electrons. The fourth-order valence-corrected chi connectivity index (χ4v) is 2.88. The monoisotopic (exact) mass is 270 g/mol. The number of carbonyl (C=O) groups excluding carboxylic acids is 1. The number of hydrogen-bond donors (Lipinski definition) is 2. The summed E-state index contributed by atoms with van der Waals surface area (Å²) in [6, 6.07) is 0. The van der Waals surface area contributed by atoms with Gasteiger partial charge in [0.2, 0.25) is 5.91 Å². The number of rotatable bonds is 9. The van der Waals surface area contributed by atoms with Crippen molar-refractivity contribution < 1.29 is 9.90 Å². The van der Waals surface area contributed by atoms with Crippen molar-refractivity contribution in [2.24, 2.45) is 5.73 Å². The lowest BCUT2D eigenvalue weighted by Crippen LogP contribution is -2.44. The normalized spacial score (nSPS) is 17.6. The van der Waals surface area contributed by atoms with Gasteiger partial charge in [-0.1, -0.05) is 39.0 Å². The van der Waals surface area contributed by atoms with Crippen molar-refractivity contribution in [1.82, 2.24) is 4.90 Å². The summed E-state index contributed by atoms with van der Waals surface area (Å²) in [4.78, 5) is 14.1. The number of aliphatic hydroxyl groups is 1. The Balaban J connectivity index is 2.38. The van der Waals surface area contributed by atoms with Crippen LogP contribution < -0.4 is 5.73 Å². The van der Waals surface area contributed by atoms with Crippen molar-refractivity contribution in [2.75, 3.05) is 19.7 Å². The van der Waals surface area contributed by atoms with Gasteiger partial charge in [0.25, 0.3) is 0 Å². The van der Waals surface area contributed by atoms with E-state index in [1.54, 1.807) is 4.90 Å². The molecule has 0 aromatic heterocycles. The molecule has 0 atom stereocenters. The number of aliphatic hydroxyl groups excluding tert-OH is 1. The average molecular weight is 270 g/mol. The highest BCUT2D eigenvalue weighted by atomic mass is 16.3. The first-order valence-corrected chi connectivity index (χ1v) is 7.79. The van der Waals surface area contributed by atoms with Crippen LogP contribution in [0.2, 0.25) is 0 Å². The molecule has 0 unspecified atom stereocenters. The molecule has 3 N–H and O–H groups in total. The first-order valence-electron chi connectivity index (χ1n) is 7.79. The largest absolute Gasteiger partial charge is 0.395 e. The first-order chi connectivity index (χ1) is 9.11. The molecule has 1 rings (SSSR count). The molecule has 0 spiro atoms. The number of carbonyl (C=O) groups is 1. The van der Waals surface area contributed by atoms with Gasteiger partial charge >= 0.3 is 0 Å². The zero-order valence-electron chi connectivity index (χ0n) is 12.4. The third kappa shape index (κ3) is 5.91. The van der Waals surface area contributed by atoms with Crippen molar-refractivity contribution in [3.05, 3.63) is 0 Å². The molecule has 0 bridgehead atoms. The van der Waals surface area contributed by atoms with Gasteiger partial charge in [-0.3, -0.25) is 4.79 Å². The lowest BCUT2D eigenvalue weighted by atomic mass is 9.94. The highest BCUT2D eigenvalue weighted by Gasteiger charge is 2.33. The Labute approximate surface area is 117 Å². The fraction of sp³-hybridized carbons (Fsp3) is 0.933. The average Bonchev–Trinajstić information content (AvgIpc) is 2.79. The van der Waals surface area contributed by atoms with Crippen molar-refractivity contribution in [3.8, 4) is 0 Å². The van der Waals surface area contributed by atoms with Gasteiger partial charge in [0.15, 0.2) is 0 Å². The van der Waals surface area contributed by atoms with E-state index in [9.17, 15) is 4.79 Å². The number of hydrogen-bond acceptors (Lipinski definition) is 3. The molecular formula is C15H30N2O2. The van der Waals surface area contributed by atoms with Crippen LogP contribution in [0.25, 0.3) is 0 Å². The number of amides is 1. The van der Waals surface area contributed by atoms with Crippen LogP contribution in [0.4, 0.5) is 0 Å². The maximum atomic E-state index is 12.3. The molecule has 4 nitrogen and oxygen atoms in total. The molecule has 1 amide bonds. The summed E-state index contributed by atoms with van der Waals surface area (Å²) >= 11 is 0. The van der Waals surface area contributed by atoms with E-state index in [2.05, 4.69) is 6.92 Å². The Kier molecular flexibility index (Phi) is 7.39. The minimum Gasteiger partial charge on any atom is -0.395 e. The van der Waals surface area contributed by atoms with Gasteiger partial charge < -0.3 is 15.7 Å². The van der Waals surface area contributed by atoms with E-state index in [4.69, 9.17) is 10.8 Å². The molecule has 0 aromatic rings. The van der Waals surface area contributed by atoms with E-state index >= 15 is 0 Å². The van der Waals surface area contributed by atoms with Gasteiger partial charge in [0, 0.05) is 25.0 Å². The van der Waals surface area contributed by atoms with Gasteiger partial charge in [-0.05, 0) is 19.3 Å². The molecule has 0 heterocycles. The lowest BCUT2D eigenvalue weighted by molar-refractivity contribution is -0.133. The smallest absolute Gasteiger partial charge is 0.224 e. The molecule has 4 heteroatoms. The topological polar surface area (TPSA) is 66.6 Å². The maximum Gasteiger partial charge on any atom is 0.224 e. The van der Waals surface area contributed by atoms with E-state index in [1.807, 2.05) is 0 Å². The first kappa shape index (κ1) is 16.4. The molecular weight excluding hydrogens is 240 g/mol. The zero-order chi connectivity index (χ0) is 14.1. The van der Waals surface area contributed by atoms with Crippen molar-refractivity contribution >= 4 is 5.91 Å². The van der Waals surface area contributed by atoms with Crippen molar-refractivity contribution in [3.63, 3.8) is 0 Å². The van der Waals surface area contributed by atoms with Crippen LogP contribution >= 0.6 is 0 Å². The lowest BCUT2D eigenvalue weighted by Gasteiger charge is -2.28. The highest BCUT2D eigenvalue weighted by Crippen LogP contribution is 2.30. The summed E-state index contributed by atoms with van der Waals surface area (Å²) in [5.74, 6) is 0.120. The Hall–Kier alpha value is -0.610. The Morgan fingerprint density at radius 3 is 2.47 bits per heavy atom. The second-order valence-corrected chi connectivity index (χ2v) is 5.91. The van der Waals surface area contributed by atoms with E-state index in [-0.39, 0.29) is 18.1 Å². The molecule has 0 aromatic carbocycles.